The smallest absolute Gasteiger partial charge is 0.231 e. The highest BCUT2D eigenvalue weighted by Gasteiger charge is 2.34. The van der Waals surface area contributed by atoms with Crippen molar-refractivity contribution >= 4 is 5.91 Å². The van der Waals surface area contributed by atoms with E-state index in [1.165, 1.54) is 25.7 Å². The number of amides is 1. The summed E-state index contributed by atoms with van der Waals surface area (Å²) in [7, 11) is 0. The lowest BCUT2D eigenvalue weighted by atomic mass is 9.73. The molecule has 0 bridgehead atoms. The molecule has 1 aliphatic carbocycles. The SMILES string of the molecule is CC1(C)CCCCC1NC1CCN(CC(N)=O)CC1. The molecule has 0 radical (unpaired) electrons. The number of nitrogens with two attached hydrogens (primary N) is 1. The van der Waals surface area contributed by atoms with E-state index < -0.39 is 0 Å². The Hall–Kier alpha value is -0.610. The molecule has 2 fully saturated rings. The first kappa shape index (κ1) is 14.8. The summed E-state index contributed by atoms with van der Waals surface area (Å²) in [6.45, 7) is 7.20. The average molecular weight is 267 g/mol. The van der Waals surface area contributed by atoms with Gasteiger partial charge in [-0.2, -0.15) is 0 Å². The van der Waals surface area contributed by atoms with Crippen molar-refractivity contribution < 1.29 is 4.79 Å². The topological polar surface area (TPSA) is 58.4 Å². The third-order valence-corrected chi connectivity index (χ3v) is 4.91. The number of likely N-dealkylation sites (tertiary alicyclic amines) is 1. The molecule has 2 aliphatic rings. The second kappa shape index (κ2) is 6.23. The lowest BCUT2D eigenvalue weighted by molar-refractivity contribution is -0.119. The molecule has 1 atom stereocenters. The van der Waals surface area contributed by atoms with Gasteiger partial charge in [0.25, 0.3) is 0 Å². The summed E-state index contributed by atoms with van der Waals surface area (Å²) in [5.41, 5.74) is 5.68. The second-order valence-corrected chi connectivity index (χ2v) is 6.97. The van der Waals surface area contributed by atoms with E-state index in [4.69, 9.17) is 5.73 Å². The predicted molar refractivity (Wildman–Crippen MR) is 77.8 cm³/mol. The van der Waals surface area contributed by atoms with Gasteiger partial charge in [0.15, 0.2) is 0 Å². The third kappa shape index (κ3) is 4.18. The fourth-order valence-corrected chi connectivity index (χ4v) is 3.57. The minimum absolute atomic E-state index is 0.208. The van der Waals surface area contributed by atoms with Crippen LogP contribution in [0.3, 0.4) is 0 Å². The maximum atomic E-state index is 10.9. The molecule has 110 valence electrons. The molecule has 4 nitrogen and oxygen atoms in total. The van der Waals surface area contributed by atoms with Crippen LogP contribution in [-0.2, 0) is 4.79 Å². The molecule has 0 spiro atoms. The molecule has 0 aromatic rings. The molecule has 1 heterocycles. The van der Waals surface area contributed by atoms with Crippen molar-refractivity contribution in [1.82, 2.24) is 10.2 Å². The molecule has 3 N–H and O–H groups in total. The number of rotatable bonds is 4. The zero-order chi connectivity index (χ0) is 13.9. The Morgan fingerprint density at radius 3 is 2.53 bits per heavy atom. The van der Waals surface area contributed by atoms with Gasteiger partial charge in [-0.15, -0.1) is 0 Å². The molecule has 1 unspecified atom stereocenters. The van der Waals surface area contributed by atoms with Crippen LogP contribution in [0.1, 0.15) is 52.4 Å². The lowest BCUT2D eigenvalue weighted by Gasteiger charge is -2.43. The van der Waals surface area contributed by atoms with Crippen molar-refractivity contribution in [3.05, 3.63) is 0 Å². The number of carbonyl (C=O) groups is 1. The van der Waals surface area contributed by atoms with E-state index >= 15 is 0 Å². The van der Waals surface area contributed by atoms with Crippen LogP contribution >= 0.6 is 0 Å². The Morgan fingerprint density at radius 1 is 1.26 bits per heavy atom. The van der Waals surface area contributed by atoms with Crippen LogP contribution in [0.25, 0.3) is 0 Å². The summed E-state index contributed by atoms with van der Waals surface area (Å²) in [6.07, 6.45) is 7.67. The second-order valence-electron chi connectivity index (χ2n) is 6.97. The van der Waals surface area contributed by atoms with Gasteiger partial charge >= 0.3 is 0 Å². The van der Waals surface area contributed by atoms with Gasteiger partial charge in [0, 0.05) is 25.2 Å². The van der Waals surface area contributed by atoms with Crippen LogP contribution in [0.2, 0.25) is 0 Å². The Kier molecular flexibility index (Phi) is 4.85. The molecule has 1 aliphatic heterocycles. The van der Waals surface area contributed by atoms with Crippen LogP contribution in [0.5, 0.6) is 0 Å². The van der Waals surface area contributed by atoms with E-state index in [0.717, 1.165) is 25.9 Å². The number of hydrogen-bond donors (Lipinski definition) is 2. The molecule has 2 rings (SSSR count). The van der Waals surface area contributed by atoms with Crippen LogP contribution < -0.4 is 11.1 Å². The predicted octanol–water partition coefficient (Wildman–Crippen LogP) is 1.49. The van der Waals surface area contributed by atoms with Gasteiger partial charge in [0.2, 0.25) is 5.91 Å². The first-order valence-electron chi connectivity index (χ1n) is 7.74. The molecule has 0 aromatic heterocycles. The maximum absolute atomic E-state index is 10.9. The van der Waals surface area contributed by atoms with Gasteiger partial charge in [-0.3, -0.25) is 9.69 Å². The molecule has 1 amide bonds. The largest absolute Gasteiger partial charge is 0.369 e. The molecule has 0 aromatic carbocycles. The number of carbonyl (C=O) groups excluding carboxylic acids is 1. The first-order valence-corrected chi connectivity index (χ1v) is 7.74. The van der Waals surface area contributed by atoms with Gasteiger partial charge in [0.05, 0.1) is 6.54 Å². The van der Waals surface area contributed by atoms with E-state index in [0.29, 0.717) is 24.0 Å². The van der Waals surface area contributed by atoms with Gasteiger partial charge in [-0.1, -0.05) is 26.7 Å². The minimum Gasteiger partial charge on any atom is -0.369 e. The van der Waals surface area contributed by atoms with Crippen molar-refractivity contribution in [2.75, 3.05) is 19.6 Å². The molecular formula is C15H29N3O. The Balaban J connectivity index is 1.77. The minimum atomic E-state index is -0.208. The molecule has 4 heteroatoms. The molecular weight excluding hydrogens is 238 g/mol. The first-order chi connectivity index (χ1) is 8.97. The number of nitrogens with one attached hydrogen (secondary N) is 1. The zero-order valence-corrected chi connectivity index (χ0v) is 12.5. The number of piperidine rings is 1. The van der Waals surface area contributed by atoms with E-state index in [9.17, 15) is 4.79 Å². The standard InChI is InChI=1S/C15H29N3O/c1-15(2)8-4-3-5-13(15)17-12-6-9-18(10-7-12)11-14(16)19/h12-13,17H,3-11H2,1-2H3,(H2,16,19). The Bertz CT molecular complexity index is 309. The van der Waals surface area contributed by atoms with Crippen LogP contribution in [0.15, 0.2) is 0 Å². The van der Waals surface area contributed by atoms with Crippen LogP contribution in [0, 0.1) is 5.41 Å². The van der Waals surface area contributed by atoms with E-state index in [1.54, 1.807) is 0 Å². The summed E-state index contributed by atoms with van der Waals surface area (Å²) in [4.78, 5) is 13.1. The monoisotopic (exact) mass is 267 g/mol. The van der Waals surface area contributed by atoms with Crippen molar-refractivity contribution in [3.63, 3.8) is 0 Å². The highest BCUT2D eigenvalue weighted by molar-refractivity contribution is 5.75. The summed E-state index contributed by atoms with van der Waals surface area (Å²) in [5, 5.41) is 3.88. The molecule has 1 saturated carbocycles. The highest BCUT2D eigenvalue weighted by atomic mass is 16.1. The Morgan fingerprint density at radius 2 is 1.95 bits per heavy atom. The summed E-state index contributed by atoms with van der Waals surface area (Å²) in [6, 6.07) is 1.28. The number of nitrogens with zero attached hydrogens (tertiary/aromatic N) is 1. The maximum Gasteiger partial charge on any atom is 0.231 e. The van der Waals surface area contributed by atoms with Gasteiger partial charge in [-0.25, -0.2) is 0 Å². The number of hydrogen-bond acceptors (Lipinski definition) is 3. The van der Waals surface area contributed by atoms with Gasteiger partial charge in [-0.05, 0) is 31.1 Å². The van der Waals surface area contributed by atoms with Crippen molar-refractivity contribution in [3.8, 4) is 0 Å². The van der Waals surface area contributed by atoms with Gasteiger partial charge in [0.1, 0.15) is 0 Å². The quantitative estimate of drug-likeness (QED) is 0.811. The van der Waals surface area contributed by atoms with Crippen LogP contribution in [-0.4, -0.2) is 42.5 Å². The summed E-state index contributed by atoms with van der Waals surface area (Å²) < 4.78 is 0. The van der Waals surface area contributed by atoms with Gasteiger partial charge < -0.3 is 11.1 Å². The van der Waals surface area contributed by atoms with Crippen molar-refractivity contribution in [1.29, 1.82) is 0 Å². The van der Waals surface area contributed by atoms with Crippen molar-refractivity contribution in [2.45, 2.75) is 64.5 Å². The zero-order valence-electron chi connectivity index (χ0n) is 12.5. The van der Waals surface area contributed by atoms with Crippen molar-refractivity contribution in [2.24, 2.45) is 11.1 Å². The molecule has 19 heavy (non-hydrogen) atoms. The van der Waals surface area contributed by atoms with E-state index in [2.05, 4.69) is 24.1 Å². The highest BCUT2D eigenvalue weighted by Crippen LogP contribution is 2.36. The normalized spacial score (nSPS) is 29.3. The van der Waals surface area contributed by atoms with E-state index in [-0.39, 0.29) is 5.91 Å². The Labute approximate surface area is 117 Å². The molecule has 1 saturated heterocycles. The number of primary amides is 1. The fraction of sp³-hybridized carbons (Fsp3) is 0.933. The van der Waals surface area contributed by atoms with Crippen LogP contribution in [0.4, 0.5) is 0 Å². The lowest BCUT2D eigenvalue weighted by Crippen LogP contribution is -2.52. The third-order valence-electron chi connectivity index (χ3n) is 4.91. The fourth-order valence-electron chi connectivity index (χ4n) is 3.57. The average Bonchev–Trinajstić information content (AvgIpc) is 2.33. The summed E-state index contributed by atoms with van der Waals surface area (Å²) in [5.74, 6) is -0.208. The summed E-state index contributed by atoms with van der Waals surface area (Å²) >= 11 is 0. The van der Waals surface area contributed by atoms with E-state index in [1.807, 2.05) is 0 Å².